The summed E-state index contributed by atoms with van der Waals surface area (Å²) in [7, 11) is 1.39. The summed E-state index contributed by atoms with van der Waals surface area (Å²) >= 11 is 0. The Balaban J connectivity index is 2.13. The van der Waals surface area contributed by atoms with E-state index in [0.717, 1.165) is 13.0 Å². The number of aromatic nitrogens is 3. The Labute approximate surface area is 143 Å². The Kier molecular flexibility index (Phi) is 5.58. The van der Waals surface area contributed by atoms with Crippen molar-refractivity contribution >= 4 is 23.7 Å². The molecule has 0 saturated carbocycles. The van der Waals surface area contributed by atoms with Crippen LogP contribution in [0.15, 0.2) is 30.3 Å². The molecule has 2 amide bonds. The summed E-state index contributed by atoms with van der Waals surface area (Å²) in [5, 5.41) is 5.01. The number of para-hydroxylation sites is 1. The van der Waals surface area contributed by atoms with Gasteiger partial charge in [0, 0.05) is 12.6 Å². The van der Waals surface area contributed by atoms with E-state index in [9.17, 15) is 13.6 Å². The molecule has 132 valence electrons. The van der Waals surface area contributed by atoms with Gasteiger partial charge in [0.25, 0.3) is 5.92 Å². The maximum atomic E-state index is 13.0. The summed E-state index contributed by atoms with van der Waals surface area (Å²) in [6, 6.07) is 5.98. The molecule has 0 bridgehead atoms. The van der Waals surface area contributed by atoms with Crippen molar-refractivity contribution in [1.82, 2.24) is 15.0 Å². The van der Waals surface area contributed by atoms with E-state index in [2.05, 4.69) is 25.6 Å². The van der Waals surface area contributed by atoms with Crippen LogP contribution in [0.3, 0.4) is 0 Å². The van der Waals surface area contributed by atoms with Crippen LogP contribution in [0.2, 0.25) is 0 Å². The molecule has 2 N–H and O–H groups in total. The second kappa shape index (κ2) is 7.65. The van der Waals surface area contributed by atoms with E-state index >= 15 is 0 Å². The number of carbonyl (C=O) groups excluding carboxylic acids is 1. The van der Waals surface area contributed by atoms with E-state index in [4.69, 9.17) is 4.74 Å². The third kappa shape index (κ3) is 5.79. The number of hydrogen-bond acceptors (Lipinski definition) is 5. The van der Waals surface area contributed by atoms with Gasteiger partial charge in [-0.25, -0.2) is 13.6 Å². The minimum Gasteiger partial charge on any atom is -0.467 e. The van der Waals surface area contributed by atoms with Crippen LogP contribution >= 0.6 is 0 Å². The summed E-state index contributed by atoms with van der Waals surface area (Å²) in [6.07, 6.45) is 2.00. The van der Waals surface area contributed by atoms with Crippen molar-refractivity contribution in [2.75, 3.05) is 17.7 Å². The average Bonchev–Trinajstić information content (AvgIpc) is 2.52. The largest absolute Gasteiger partial charge is 0.467 e. The van der Waals surface area contributed by atoms with Crippen LogP contribution in [0, 0.1) is 6.92 Å². The molecule has 0 aliphatic carbocycles. The number of nitrogens with one attached hydrogen (secondary N) is 2. The first kappa shape index (κ1) is 18.2. The number of alkyl halides is 2. The number of carbonyl (C=O) groups is 1. The second-order valence-corrected chi connectivity index (χ2v) is 5.15. The number of anilines is 2. The Bertz CT molecular complexity index is 790. The molecule has 0 aliphatic heterocycles. The van der Waals surface area contributed by atoms with E-state index in [1.54, 1.807) is 31.2 Å². The molecule has 0 fully saturated rings. The number of urea groups is 1. The number of benzene rings is 1. The summed E-state index contributed by atoms with van der Waals surface area (Å²) in [5.74, 6) is -2.57. The molecule has 7 nitrogen and oxygen atoms in total. The van der Waals surface area contributed by atoms with Gasteiger partial charge in [-0.3, -0.25) is 5.32 Å². The molecule has 2 rings (SSSR count). The van der Waals surface area contributed by atoms with Crippen molar-refractivity contribution in [2.45, 2.75) is 19.8 Å². The van der Waals surface area contributed by atoms with Gasteiger partial charge in [-0.05, 0) is 24.6 Å². The molecule has 0 unspecified atom stereocenters. The summed E-state index contributed by atoms with van der Waals surface area (Å²) in [5.41, 5.74) is 0.793. The van der Waals surface area contributed by atoms with Crippen molar-refractivity contribution in [1.29, 1.82) is 0 Å². The van der Waals surface area contributed by atoms with Crippen molar-refractivity contribution in [3.63, 3.8) is 0 Å². The minimum atomic E-state index is -2.95. The number of allylic oxidation sites excluding steroid dienone is 1. The van der Waals surface area contributed by atoms with Gasteiger partial charge >= 0.3 is 12.0 Å². The highest BCUT2D eigenvalue weighted by atomic mass is 19.3. The Hall–Kier alpha value is -3.10. The minimum absolute atomic E-state index is 0.00923. The van der Waals surface area contributed by atoms with Gasteiger partial charge < -0.3 is 10.1 Å². The maximum absolute atomic E-state index is 13.0. The fourth-order valence-corrected chi connectivity index (χ4v) is 1.85. The molecule has 1 aromatic heterocycles. The van der Waals surface area contributed by atoms with Crippen LogP contribution in [0.25, 0.3) is 6.08 Å². The lowest BCUT2D eigenvalue weighted by atomic mass is 10.1. The normalized spacial score (nSPS) is 11.4. The number of amides is 2. The van der Waals surface area contributed by atoms with E-state index in [0.29, 0.717) is 17.1 Å². The Morgan fingerprint density at radius 1 is 1.20 bits per heavy atom. The van der Waals surface area contributed by atoms with Crippen molar-refractivity contribution in [3.05, 3.63) is 41.7 Å². The van der Waals surface area contributed by atoms with Crippen LogP contribution in [-0.4, -0.2) is 34.0 Å². The highest BCUT2D eigenvalue weighted by Gasteiger charge is 2.16. The summed E-state index contributed by atoms with van der Waals surface area (Å²) in [6.45, 7) is 2.40. The fourth-order valence-electron chi connectivity index (χ4n) is 1.85. The standard InChI is InChI=1S/C16H17F2N5O2/c1-10-19-13(23-15(20-10)25-3)22-14(24)21-12-7-5-4-6-11(12)8-9-16(2,17)18/h4-9H,1-3H3,(H2,19,20,21,22,23,24). The van der Waals surface area contributed by atoms with Crippen molar-refractivity contribution < 1.29 is 18.3 Å². The van der Waals surface area contributed by atoms with Gasteiger partial charge in [0.2, 0.25) is 5.95 Å². The zero-order valence-corrected chi connectivity index (χ0v) is 13.9. The molecule has 0 atom stereocenters. The van der Waals surface area contributed by atoms with Crippen LogP contribution in [0.4, 0.5) is 25.2 Å². The lowest BCUT2D eigenvalue weighted by Crippen LogP contribution is -2.22. The first-order chi connectivity index (χ1) is 11.8. The highest BCUT2D eigenvalue weighted by molar-refractivity contribution is 6.00. The Morgan fingerprint density at radius 2 is 1.92 bits per heavy atom. The predicted octanol–water partition coefficient (Wildman–Crippen LogP) is 3.50. The number of rotatable bonds is 5. The lowest BCUT2D eigenvalue weighted by molar-refractivity contribution is 0.0784. The molecule has 2 aromatic rings. The van der Waals surface area contributed by atoms with Crippen LogP contribution in [-0.2, 0) is 0 Å². The van der Waals surface area contributed by atoms with Crippen LogP contribution < -0.4 is 15.4 Å². The second-order valence-electron chi connectivity index (χ2n) is 5.15. The van der Waals surface area contributed by atoms with Gasteiger partial charge in [-0.1, -0.05) is 24.3 Å². The molecule has 0 saturated heterocycles. The number of ether oxygens (including phenoxy) is 1. The molecule has 1 aromatic carbocycles. The molecule has 0 aliphatic rings. The SMILES string of the molecule is COc1nc(C)nc(NC(=O)Nc2ccccc2C=CC(C)(F)F)n1. The Morgan fingerprint density at radius 3 is 2.60 bits per heavy atom. The summed E-state index contributed by atoms with van der Waals surface area (Å²) < 4.78 is 30.9. The number of methoxy groups -OCH3 is 1. The molecule has 0 radical (unpaired) electrons. The third-order valence-electron chi connectivity index (χ3n) is 2.90. The van der Waals surface area contributed by atoms with E-state index in [-0.39, 0.29) is 12.0 Å². The molecule has 25 heavy (non-hydrogen) atoms. The smallest absolute Gasteiger partial charge is 0.326 e. The lowest BCUT2D eigenvalue weighted by Gasteiger charge is -2.10. The quantitative estimate of drug-likeness (QED) is 0.862. The maximum Gasteiger partial charge on any atom is 0.326 e. The number of aryl methyl sites for hydroxylation is 1. The van der Waals surface area contributed by atoms with Gasteiger partial charge in [-0.2, -0.15) is 15.0 Å². The topological polar surface area (TPSA) is 89.0 Å². The first-order valence-electron chi connectivity index (χ1n) is 7.27. The van der Waals surface area contributed by atoms with Crippen molar-refractivity contribution in [2.24, 2.45) is 0 Å². The molecular formula is C16H17F2N5O2. The third-order valence-corrected chi connectivity index (χ3v) is 2.90. The average molecular weight is 349 g/mol. The number of halogens is 2. The first-order valence-corrected chi connectivity index (χ1v) is 7.27. The van der Waals surface area contributed by atoms with Gasteiger partial charge in [0.15, 0.2) is 0 Å². The van der Waals surface area contributed by atoms with E-state index in [1.165, 1.54) is 13.2 Å². The number of hydrogen-bond donors (Lipinski definition) is 2. The predicted molar refractivity (Wildman–Crippen MR) is 89.9 cm³/mol. The zero-order chi connectivity index (χ0) is 18.4. The molecule has 9 heteroatoms. The van der Waals surface area contributed by atoms with Crippen LogP contribution in [0.5, 0.6) is 6.01 Å². The zero-order valence-electron chi connectivity index (χ0n) is 13.9. The van der Waals surface area contributed by atoms with Crippen molar-refractivity contribution in [3.8, 4) is 6.01 Å². The van der Waals surface area contributed by atoms with Crippen LogP contribution in [0.1, 0.15) is 18.3 Å². The molecular weight excluding hydrogens is 332 g/mol. The highest BCUT2D eigenvalue weighted by Crippen LogP contribution is 2.21. The molecule has 0 spiro atoms. The van der Waals surface area contributed by atoms with Gasteiger partial charge in [-0.15, -0.1) is 0 Å². The van der Waals surface area contributed by atoms with E-state index < -0.39 is 12.0 Å². The van der Waals surface area contributed by atoms with Gasteiger partial charge in [0.1, 0.15) is 5.82 Å². The van der Waals surface area contributed by atoms with Gasteiger partial charge in [0.05, 0.1) is 7.11 Å². The fraction of sp³-hybridized carbons (Fsp3) is 0.250. The molecule has 1 heterocycles. The monoisotopic (exact) mass is 349 g/mol. The van der Waals surface area contributed by atoms with E-state index in [1.807, 2.05) is 0 Å². The number of nitrogens with zero attached hydrogens (tertiary/aromatic N) is 3. The summed E-state index contributed by atoms with van der Waals surface area (Å²) in [4.78, 5) is 23.9.